The number of alkyl halides is 1. The monoisotopic (exact) mass is 252 g/mol. The first kappa shape index (κ1) is 11.6. The molecule has 4 heteroatoms. The number of benzene rings is 1. The Morgan fingerprint density at radius 1 is 1.19 bits per heavy atom. The zero-order valence-electron chi connectivity index (χ0n) is 9.27. The lowest BCUT2D eigenvalue weighted by atomic mass is 10.0. The third-order valence-electron chi connectivity index (χ3n) is 2.41. The molecule has 2 nitrogen and oxygen atoms in total. The molecule has 1 aromatic heterocycles. The lowest BCUT2D eigenvalue weighted by molar-refractivity contribution is 0.867. The molecule has 0 bridgehead atoms. The van der Waals surface area contributed by atoms with Gasteiger partial charge in [-0.05, 0) is 11.5 Å². The maximum absolute atomic E-state index is 5.70. The van der Waals surface area contributed by atoms with Crippen LogP contribution >= 0.6 is 22.9 Å². The normalized spacial score (nSPS) is 11.0. The van der Waals surface area contributed by atoms with E-state index in [0.717, 1.165) is 15.6 Å². The fourth-order valence-electron chi connectivity index (χ4n) is 1.43. The summed E-state index contributed by atoms with van der Waals surface area (Å²) >= 11 is 7.25. The molecule has 1 heterocycles. The van der Waals surface area contributed by atoms with E-state index in [9.17, 15) is 0 Å². The second-order valence-electron chi connectivity index (χ2n) is 3.91. The molecule has 0 unspecified atom stereocenters. The van der Waals surface area contributed by atoms with Gasteiger partial charge >= 0.3 is 0 Å². The van der Waals surface area contributed by atoms with Crippen molar-refractivity contribution in [2.75, 3.05) is 0 Å². The summed E-state index contributed by atoms with van der Waals surface area (Å²) in [6, 6.07) is 8.46. The van der Waals surface area contributed by atoms with Gasteiger partial charge in [0, 0.05) is 5.56 Å². The van der Waals surface area contributed by atoms with Gasteiger partial charge in [-0.3, -0.25) is 0 Å². The van der Waals surface area contributed by atoms with Crippen molar-refractivity contribution in [3.05, 3.63) is 34.8 Å². The van der Waals surface area contributed by atoms with Gasteiger partial charge in [0.1, 0.15) is 10.0 Å². The molecule has 2 aromatic rings. The minimum Gasteiger partial charge on any atom is -0.142 e. The number of hydrogen-bond donors (Lipinski definition) is 0. The Morgan fingerprint density at radius 3 is 2.38 bits per heavy atom. The van der Waals surface area contributed by atoms with E-state index in [0.29, 0.717) is 11.8 Å². The number of hydrogen-bond acceptors (Lipinski definition) is 3. The van der Waals surface area contributed by atoms with Crippen LogP contribution in [0.2, 0.25) is 0 Å². The van der Waals surface area contributed by atoms with E-state index in [1.54, 1.807) is 11.3 Å². The highest BCUT2D eigenvalue weighted by molar-refractivity contribution is 7.14. The van der Waals surface area contributed by atoms with Gasteiger partial charge < -0.3 is 0 Å². The topological polar surface area (TPSA) is 25.8 Å². The SMILES string of the molecule is CC(C)c1ccc(-c2nnc(CCl)s2)cc1. The van der Waals surface area contributed by atoms with E-state index in [1.165, 1.54) is 5.56 Å². The van der Waals surface area contributed by atoms with Gasteiger partial charge in [0.25, 0.3) is 0 Å². The molecule has 0 spiro atoms. The zero-order chi connectivity index (χ0) is 11.5. The van der Waals surface area contributed by atoms with Crippen LogP contribution in [0.5, 0.6) is 0 Å². The summed E-state index contributed by atoms with van der Waals surface area (Å²) in [5.41, 5.74) is 2.45. The van der Waals surface area contributed by atoms with Gasteiger partial charge in [0.05, 0.1) is 5.88 Å². The molecule has 0 atom stereocenters. The van der Waals surface area contributed by atoms with Crippen molar-refractivity contribution >= 4 is 22.9 Å². The highest BCUT2D eigenvalue weighted by Gasteiger charge is 2.06. The Balaban J connectivity index is 2.27. The van der Waals surface area contributed by atoms with E-state index in [4.69, 9.17) is 11.6 Å². The van der Waals surface area contributed by atoms with E-state index >= 15 is 0 Å². The largest absolute Gasteiger partial charge is 0.147 e. The van der Waals surface area contributed by atoms with Crippen LogP contribution in [-0.4, -0.2) is 10.2 Å². The third-order valence-corrected chi connectivity index (χ3v) is 3.79. The van der Waals surface area contributed by atoms with Gasteiger partial charge in [-0.2, -0.15) is 0 Å². The standard InChI is InChI=1S/C12H13ClN2S/c1-8(2)9-3-5-10(6-4-9)12-15-14-11(7-13)16-12/h3-6,8H,7H2,1-2H3. The fraction of sp³-hybridized carbons (Fsp3) is 0.333. The minimum atomic E-state index is 0.432. The van der Waals surface area contributed by atoms with E-state index in [1.807, 2.05) is 0 Å². The lowest BCUT2D eigenvalue weighted by Crippen LogP contribution is -1.86. The smallest absolute Gasteiger partial charge is 0.142 e. The van der Waals surface area contributed by atoms with Gasteiger partial charge in [-0.25, -0.2) is 0 Å². The second kappa shape index (κ2) is 4.93. The van der Waals surface area contributed by atoms with Crippen molar-refractivity contribution in [1.82, 2.24) is 10.2 Å². The molecule has 1 aromatic carbocycles. The van der Waals surface area contributed by atoms with Crippen molar-refractivity contribution < 1.29 is 0 Å². The fourth-order valence-corrected chi connectivity index (χ4v) is 2.35. The number of halogens is 1. The van der Waals surface area contributed by atoms with Crippen molar-refractivity contribution in [2.24, 2.45) is 0 Å². The summed E-state index contributed by atoms with van der Waals surface area (Å²) in [4.78, 5) is 0. The van der Waals surface area contributed by atoms with Crippen LogP contribution in [0.15, 0.2) is 24.3 Å². The molecule has 16 heavy (non-hydrogen) atoms. The van der Waals surface area contributed by atoms with Gasteiger partial charge in [0.15, 0.2) is 0 Å². The quantitative estimate of drug-likeness (QED) is 0.770. The Morgan fingerprint density at radius 2 is 1.88 bits per heavy atom. The Kier molecular flexibility index (Phi) is 3.56. The van der Waals surface area contributed by atoms with Crippen LogP contribution < -0.4 is 0 Å². The van der Waals surface area contributed by atoms with Crippen LogP contribution in [0.4, 0.5) is 0 Å². The van der Waals surface area contributed by atoms with E-state index in [-0.39, 0.29) is 0 Å². The summed E-state index contributed by atoms with van der Waals surface area (Å²) < 4.78 is 0. The highest BCUT2D eigenvalue weighted by Crippen LogP contribution is 2.25. The first-order valence-electron chi connectivity index (χ1n) is 5.19. The summed E-state index contributed by atoms with van der Waals surface area (Å²) in [5.74, 6) is 0.990. The average Bonchev–Trinajstić information content (AvgIpc) is 2.77. The van der Waals surface area contributed by atoms with E-state index in [2.05, 4.69) is 48.3 Å². The average molecular weight is 253 g/mol. The van der Waals surface area contributed by atoms with Crippen molar-refractivity contribution in [3.63, 3.8) is 0 Å². The number of rotatable bonds is 3. The first-order valence-corrected chi connectivity index (χ1v) is 6.54. The highest BCUT2D eigenvalue weighted by atomic mass is 35.5. The summed E-state index contributed by atoms with van der Waals surface area (Å²) in [7, 11) is 0. The molecule has 0 saturated heterocycles. The molecule has 0 aliphatic carbocycles. The van der Waals surface area contributed by atoms with Crippen LogP contribution in [-0.2, 0) is 5.88 Å². The Hall–Kier alpha value is -0.930. The molecule has 0 aliphatic rings. The number of aromatic nitrogens is 2. The summed E-state index contributed by atoms with van der Waals surface area (Å²) in [5, 5.41) is 9.92. The summed E-state index contributed by atoms with van der Waals surface area (Å²) in [6.07, 6.45) is 0. The van der Waals surface area contributed by atoms with E-state index < -0.39 is 0 Å². The molecule has 0 aliphatic heterocycles. The number of nitrogens with zero attached hydrogens (tertiary/aromatic N) is 2. The van der Waals surface area contributed by atoms with Crippen molar-refractivity contribution in [1.29, 1.82) is 0 Å². The molecule has 84 valence electrons. The molecule has 0 fully saturated rings. The minimum absolute atomic E-state index is 0.432. The maximum atomic E-state index is 5.70. The lowest BCUT2D eigenvalue weighted by Gasteiger charge is -2.04. The van der Waals surface area contributed by atoms with Crippen LogP contribution in [0, 0.1) is 0 Å². The molecular weight excluding hydrogens is 240 g/mol. The molecular formula is C12H13ClN2S. The Bertz CT molecular complexity index is 462. The predicted octanol–water partition coefficient (Wildman–Crippen LogP) is 4.07. The molecule has 0 N–H and O–H groups in total. The first-order chi connectivity index (χ1) is 7.70. The van der Waals surface area contributed by atoms with Crippen LogP contribution in [0.25, 0.3) is 10.6 Å². The van der Waals surface area contributed by atoms with Gasteiger partial charge in [-0.1, -0.05) is 49.4 Å². The van der Waals surface area contributed by atoms with Crippen LogP contribution in [0.1, 0.15) is 30.3 Å². The molecule has 0 saturated carbocycles. The van der Waals surface area contributed by atoms with Gasteiger partial charge in [0.2, 0.25) is 0 Å². The van der Waals surface area contributed by atoms with Crippen molar-refractivity contribution in [2.45, 2.75) is 25.6 Å². The summed E-state index contributed by atoms with van der Waals surface area (Å²) in [6.45, 7) is 4.37. The Labute approximate surface area is 104 Å². The van der Waals surface area contributed by atoms with Gasteiger partial charge in [-0.15, -0.1) is 21.8 Å². The predicted molar refractivity (Wildman–Crippen MR) is 69.0 cm³/mol. The zero-order valence-corrected chi connectivity index (χ0v) is 10.8. The van der Waals surface area contributed by atoms with Crippen LogP contribution in [0.3, 0.4) is 0 Å². The molecule has 2 rings (SSSR count). The molecule has 0 radical (unpaired) electrons. The van der Waals surface area contributed by atoms with Crippen molar-refractivity contribution in [3.8, 4) is 10.6 Å². The molecule has 0 amide bonds. The third kappa shape index (κ3) is 2.42. The second-order valence-corrected chi connectivity index (χ2v) is 5.24. The maximum Gasteiger partial charge on any atom is 0.147 e.